The van der Waals surface area contributed by atoms with Gasteiger partial charge in [0.25, 0.3) is 0 Å². The molecule has 1 aliphatic heterocycles. The summed E-state index contributed by atoms with van der Waals surface area (Å²) < 4.78 is 5.43. The Kier molecular flexibility index (Phi) is 6.69. The van der Waals surface area contributed by atoms with Crippen LogP contribution in [0.15, 0.2) is 24.5 Å². The molecule has 0 saturated carbocycles. The number of nitrogens with zero attached hydrogens (tertiary/aromatic N) is 3. The van der Waals surface area contributed by atoms with Gasteiger partial charge in [-0.25, -0.2) is 0 Å². The zero-order chi connectivity index (χ0) is 17.5. The minimum atomic E-state index is -0.356. The van der Waals surface area contributed by atoms with Crippen LogP contribution in [0.3, 0.4) is 0 Å². The summed E-state index contributed by atoms with van der Waals surface area (Å²) in [5.74, 6) is -0.329. The summed E-state index contributed by atoms with van der Waals surface area (Å²) in [6, 6.07) is 3.87. The van der Waals surface area contributed by atoms with E-state index in [1.165, 1.54) is 0 Å². The number of ether oxygens (including phenoxy) is 1. The second kappa shape index (κ2) is 8.75. The maximum atomic E-state index is 12.5. The quantitative estimate of drug-likeness (QED) is 0.772. The third-order valence-corrected chi connectivity index (χ3v) is 4.36. The van der Waals surface area contributed by atoms with Gasteiger partial charge in [-0.15, -0.1) is 0 Å². The van der Waals surface area contributed by atoms with Crippen molar-refractivity contribution in [3.05, 3.63) is 30.1 Å². The summed E-state index contributed by atoms with van der Waals surface area (Å²) in [6.45, 7) is 2.16. The number of primary amides is 1. The summed E-state index contributed by atoms with van der Waals surface area (Å²) in [5, 5.41) is 0. The van der Waals surface area contributed by atoms with Crippen LogP contribution < -0.4 is 5.73 Å². The number of aromatic nitrogens is 1. The highest BCUT2D eigenvalue weighted by atomic mass is 16.5. The molecule has 2 N–H and O–H groups in total. The van der Waals surface area contributed by atoms with E-state index in [4.69, 9.17) is 10.5 Å². The van der Waals surface area contributed by atoms with Gasteiger partial charge in [0, 0.05) is 51.5 Å². The Morgan fingerprint density at radius 1 is 1.50 bits per heavy atom. The molecule has 1 aliphatic rings. The monoisotopic (exact) mass is 334 g/mol. The van der Waals surface area contributed by atoms with E-state index < -0.39 is 0 Å². The van der Waals surface area contributed by atoms with Crippen LogP contribution in [-0.4, -0.2) is 66.5 Å². The van der Waals surface area contributed by atoms with E-state index in [1.54, 1.807) is 19.5 Å². The standard InChI is InChI=1S/C17H26N4O3/c1-20(10-13-4-3-6-19-9-13)12-17(23)21-7-5-15(24-2)14(11-21)8-16(18)22/h3-4,6,9,14-15H,5,7-8,10-12H2,1-2H3,(H2,18,22)/t14-,15-/m1/s1. The molecule has 2 heterocycles. The third kappa shape index (κ3) is 5.28. The predicted molar refractivity (Wildman–Crippen MR) is 89.9 cm³/mol. The summed E-state index contributed by atoms with van der Waals surface area (Å²) in [5.41, 5.74) is 6.38. The zero-order valence-corrected chi connectivity index (χ0v) is 14.4. The van der Waals surface area contributed by atoms with E-state index in [-0.39, 0.29) is 30.3 Å². The van der Waals surface area contributed by atoms with Crippen LogP contribution in [0.4, 0.5) is 0 Å². The van der Waals surface area contributed by atoms with E-state index in [2.05, 4.69) is 4.98 Å². The second-order valence-corrected chi connectivity index (χ2v) is 6.37. The maximum absolute atomic E-state index is 12.5. The molecule has 0 radical (unpaired) electrons. The van der Waals surface area contributed by atoms with Crippen LogP contribution in [0.25, 0.3) is 0 Å². The van der Waals surface area contributed by atoms with Crippen molar-refractivity contribution in [3.63, 3.8) is 0 Å². The highest BCUT2D eigenvalue weighted by Crippen LogP contribution is 2.22. The van der Waals surface area contributed by atoms with E-state index >= 15 is 0 Å². The Bertz CT molecular complexity index is 552. The van der Waals surface area contributed by atoms with Gasteiger partial charge >= 0.3 is 0 Å². The van der Waals surface area contributed by atoms with E-state index in [9.17, 15) is 9.59 Å². The van der Waals surface area contributed by atoms with Crippen molar-refractivity contribution in [2.24, 2.45) is 11.7 Å². The molecule has 132 valence electrons. The van der Waals surface area contributed by atoms with Gasteiger partial charge in [0.15, 0.2) is 0 Å². The van der Waals surface area contributed by atoms with Crippen LogP contribution in [-0.2, 0) is 20.9 Å². The second-order valence-electron chi connectivity index (χ2n) is 6.37. The number of amides is 2. The summed E-state index contributed by atoms with van der Waals surface area (Å²) >= 11 is 0. The van der Waals surface area contributed by atoms with E-state index in [0.29, 0.717) is 26.2 Å². The lowest BCUT2D eigenvalue weighted by Gasteiger charge is -2.38. The Hall–Kier alpha value is -1.99. The maximum Gasteiger partial charge on any atom is 0.236 e. The first-order valence-electron chi connectivity index (χ1n) is 8.16. The van der Waals surface area contributed by atoms with Gasteiger partial charge < -0.3 is 15.4 Å². The Labute approximate surface area is 142 Å². The SMILES string of the molecule is CO[C@@H]1CCN(C(=O)CN(C)Cc2cccnc2)C[C@H]1CC(N)=O. The number of likely N-dealkylation sites (tertiary alicyclic amines) is 1. The molecule has 0 unspecified atom stereocenters. The number of carbonyl (C=O) groups excluding carboxylic acids is 2. The fourth-order valence-electron chi connectivity index (χ4n) is 3.19. The van der Waals surface area contributed by atoms with Gasteiger partial charge in [-0.1, -0.05) is 6.07 Å². The molecule has 2 amide bonds. The molecule has 7 nitrogen and oxygen atoms in total. The molecule has 1 aromatic rings. The molecule has 0 aliphatic carbocycles. The number of hydrogen-bond acceptors (Lipinski definition) is 5. The smallest absolute Gasteiger partial charge is 0.236 e. The number of piperidine rings is 1. The third-order valence-electron chi connectivity index (χ3n) is 4.36. The van der Waals surface area contributed by atoms with Crippen molar-refractivity contribution in [2.75, 3.05) is 33.8 Å². The van der Waals surface area contributed by atoms with E-state index in [0.717, 1.165) is 12.0 Å². The van der Waals surface area contributed by atoms with Crippen LogP contribution in [0.1, 0.15) is 18.4 Å². The van der Waals surface area contributed by atoms with Crippen molar-refractivity contribution in [2.45, 2.75) is 25.5 Å². The minimum Gasteiger partial charge on any atom is -0.381 e. The molecule has 2 rings (SSSR count). The number of pyridine rings is 1. The van der Waals surface area contributed by atoms with Gasteiger partial charge in [0.2, 0.25) is 11.8 Å². The Balaban J connectivity index is 1.88. The number of carbonyl (C=O) groups is 2. The lowest BCUT2D eigenvalue weighted by atomic mass is 9.91. The van der Waals surface area contributed by atoms with E-state index in [1.807, 2.05) is 29.0 Å². The topological polar surface area (TPSA) is 88.8 Å². The highest BCUT2D eigenvalue weighted by Gasteiger charge is 2.32. The molecule has 0 spiro atoms. The van der Waals surface area contributed by atoms with Gasteiger partial charge in [0.05, 0.1) is 12.6 Å². The lowest BCUT2D eigenvalue weighted by molar-refractivity contribution is -0.138. The molecule has 0 aromatic carbocycles. The number of likely N-dealkylation sites (N-methyl/N-ethyl adjacent to an activating group) is 1. The first-order valence-corrected chi connectivity index (χ1v) is 8.16. The molecule has 24 heavy (non-hydrogen) atoms. The molecular weight excluding hydrogens is 308 g/mol. The van der Waals surface area contributed by atoms with Gasteiger partial charge in [0.1, 0.15) is 0 Å². The van der Waals surface area contributed by atoms with Crippen molar-refractivity contribution in [1.29, 1.82) is 0 Å². The molecule has 1 fully saturated rings. The fourth-order valence-corrected chi connectivity index (χ4v) is 3.19. The number of nitrogens with two attached hydrogens (primary N) is 1. The number of hydrogen-bond donors (Lipinski definition) is 1. The highest BCUT2D eigenvalue weighted by molar-refractivity contribution is 5.78. The fraction of sp³-hybridized carbons (Fsp3) is 0.588. The predicted octanol–water partition coefficient (Wildman–Crippen LogP) is 0.252. The van der Waals surface area contributed by atoms with Crippen LogP contribution in [0.2, 0.25) is 0 Å². The van der Waals surface area contributed by atoms with Gasteiger partial charge in [-0.3, -0.25) is 19.5 Å². The molecule has 1 aromatic heterocycles. The molecule has 0 bridgehead atoms. The first-order chi connectivity index (χ1) is 11.5. The van der Waals surface area contributed by atoms with Crippen molar-refractivity contribution in [3.8, 4) is 0 Å². The molecule has 1 saturated heterocycles. The van der Waals surface area contributed by atoms with Gasteiger partial charge in [-0.2, -0.15) is 0 Å². The first kappa shape index (κ1) is 18.4. The summed E-state index contributed by atoms with van der Waals surface area (Å²) in [4.78, 5) is 31.6. The van der Waals surface area contributed by atoms with Crippen molar-refractivity contribution < 1.29 is 14.3 Å². The Morgan fingerprint density at radius 2 is 2.29 bits per heavy atom. The van der Waals surface area contributed by atoms with Gasteiger partial charge in [-0.05, 0) is 25.1 Å². The number of rotatable bonds is 7. The Morgan fingerprint density at radius 3 is 2.92 bits per heavy atom. The average molecular weight is 334 g/mol. The van der Waals surface area contributed by atoms with Crippen molar-refractivity contribution in [1.82, 2.24) is 14.8 Å². The lowest BCUT2D eigenvalue weighted by Crippen LogP contribution is -2.49. The zero-order valence-electron chi connectivity index (χ0n) is 14.4. The molecule has 7 heteroatoms. The van der Waals surface area contributed by atoms with Crippen molar-refractivity contribution >= 4 is 11.8 Å². The minimum absolute atomic E-state index is 0.0188. The van der Waals surface area contributed by atoms with Crippen LogP contribution >= 0.6 is 0 Å². The molecule has 2 atom stereocenters. The number of methoxy groups -OCH3 is 1. The summed E-state index contributed by atoms with van der Waals surface area (Å²) in [6.07, 6.45) is 4.48. The summed E-state index contributed by atoms with van der Waals surface area (Å²) in [7, 11) is 3.55. The van der Waals surface area contributed by atoms with Crippen LogP contribution in [0, 0.1) is 5.92 Å². The van der Waals surface area contributed by atoms with Crippen LogP contribution in [0.5, 0.6) is 0 Å². The molecular formula is C17H26N4O3. The average Bonchev–Trinajstić information content (AvgIpc) is 2.55. The largest absolute Gasteiger partial charge is 0.381 e. The normalized spacial score (nSPS) is 21.0.